The molecular weight excluding hydrogens is 230 g/mol. The van der Waals surface area contributed by atoms with E-state index in [-0.39, 0.29) is 0 Å². The number of hydrogen-bond acceptors (Lipinski definition) is 1. The lowest BCUT2D eigenvalue weighted by Crippen LogP contribution is -1.96. The maximum Gasteiger partial charge on any atom is -0.00772 e. The Hall–Kier alpha value is -0.820. The summed E-state index contributed by atoms with van der Waals surface area (Å²) >= 11 is 0. The first-order valence-corrected chi connectivity index (χ1v) is 8.06. The van der Waals surface area contributed by atoms with Crippen LogP contribution >= 0.6 is 0 Å². The predicted molar refractivity (Wildman–Crippen MR) is 88.3 cm³/mol. The quantitative estimate of drug-likeness (QED) is 0.343. The summed E-state index contributed by atoms with van der Waals surface area (Å²) in [5.41, 5.74) is 5.45. The van der Waals surface area contributed by atoms with Gasteiger partial charge in [-0.2, -0.15) is 0 Å². The van der Waals surface area contributed by atoms with Crippen molar-refractivity contribution in [3.63, 3.8) is 0 Å². The highest BCUT2D eigenvalue weighted by atomic mass is 14.5. The summed E-state index contributed by atoms with van der Waals surface area (Å²) in [6.45, 7) is 3.00. The minimum absolute atomic E-state index is 0.829. The average molecular weight is 263 g/mol. The second-order valence-electron chi connectivity index (χ2n) is 4.98. The lowest BCUT2D eigenvalue weighted by Gasteiger charge is -1.96. The van der Waals surface area contributed by atoms with E-state index < -0.39 is 0 Å². The first kappa shape index (κ1) is 18.2. The fourth-order valence-corrected chi connectivity index (χ4v) is 1.90. The maximum atomic E-state index is 5.45. The molecule has 0 aliphatic heterocycles. The van der Waals surface area contributed by atoms with E-state index in [1.807, 2.05) is 0 Å². The van der Waals surface area contributed by atoms with E-state index in [4.69, 9.17) is 5.73 Å². The zero-order chi connectivity index (χ0) is 14.0. The lowest BCUT2D eigenvalue weighted by molar-refractivity contribution is 0.693. The fraction of sp³-hybridized carbons (Fsp3) is 0.667. The molecule has 110 valence electrons. The lowest BCUT2D eigenvalue weighted by atomic mass is 10.1. The largest absolute Gasteiger partial charge is 0.330 e. The molecule has 0 radical (unpaired) electrons. The molecule has 1 nitrogen and oxygen atoms in total. The Morgan fingerprint density at radius 3 is 1.74 bits per heavy atom. The van der Waals surface area contributed by atoms with Gasteiger partial charge in [0.15, 0.2) is 0 Å². The van der Waals surface area contributed by atoms with Crippen LogP contribution in [0.5, 0.6) is 0 Å². The molecule has 0 aromatic rings. The van der Waals surface area contributed by atoms with Crippen molar-refractivity contribution in [1.29, 1.82) is 0 Å². The molecule has 0 rings (SSSR count). The van der Waals surface area contributed by atoms with Crippen molar-refractivity contribution in [3.8, 4) is 0 Å². The third kappa shape index (κ3) is 17.2. The van der Waals surface area contributed by atoms with E-state index in [0.717, 1.165) is 25.8 Å². The van der Waals surface area contributed by atoms with Crippen molar-refractivity contribution in [2.45, 2.75) is 71.1 Å². The Morgan fingerprint density at radius 2 is 1.16 bits per heavy atom. The van der Waals surface area contributed by atoms with Gasteiger partial charge in [-0.1, -0.05) is 49.8 Å². The van der Waals surface area contributed by atoms with Crippen LogP contribution in [0.25, 0.3) is 0 Å². The third-order valence-electron chi connectivity index (χ3n) is 3.07. The fourth-order valence-electron chi connectivity index (χ4n) is 1.90. The molecule has 0 saturated carbocycles. The number of hydrogen-bond donors (Lipinski definition) is 1. The van der Waals surface area contributed by atoms with Crippen LogP contribution in [0.3, 0.4) is 0 Å². The molecule has 0 heterocycles. The summed E-state index contributed by atoms with van der Waals surface area (Å²) in [5, 5.41) is 0. The van der Waals surface area contributed by atoms with Crippen LogP contribution < -0.4 is 5.73 Å². The number of rotatable bonds is 13. The van der Waals surface area contributed by atoms with E-state index in [2.05, 4.69) is 43.4 Å². The predicted octanol–water partition coefficient (Wildman–Crippen LogP) is 5.53. The van der Waals surface area contributed by atoms with E-state index in [9.17, 15) is 0 Å². The number of nitrogens with two attached hydrogens (primary N) is 1. The normalized spacial score (nSPS) is 12.3. The van der Waals surface area contributed by atoms with Gasteiger partial charge >= 0.3 is 0 Å². The van der Waals surface area contributed by atoms with Gasteiger partial charge in [0.25, 0.3) is 0 Å². The van der Waals surface area contributed by atoms with Gasteiger partial charge in [-0.25, -0.2) is 0 Å². The Kier molecular flexibility index (Phi) is 16.4. The summed E-state index contributed by atoms with van der Waals surface area (Å²) in [7, 11) is 0. The van der Waals surface area contributed by atoms with Crippen molar-refractivity contribution < 1.29 is 0 Å². The standard InChI is InChI=1S/C18H33N/c1-2-3-4-5-6-7-8-9-10-11-12-13-14-15-16-17-18-19/h3-4,6-7,13-14H,2,5,8-12,15-19H2,1H3/b4-3+,7-6+,14-13+. The smallest absolute Gasteiger partial charge is 0.00772 e. The summed E-state index contributed by atoms with van der Waals surface area (Å²) in [6, 6.07) is 0. The minimum atomic E-state index is 0.829. The van der Waals surface area contributed by atoms with E-state index in [0.29, 0.717) is 0 Å². The maximum absolute atomic E-state index is 5.45. The monoisotopic (exact) mass is 263 g/mol. The first-order valence-electron chi connectivity index (χ1n) is 8.06. The molecule has 19 heavy (non-hydrogen) atoms. The number of allylic oxidation sites excluding steroid dienone is 6. The van der Waals surface area contributed by atoms with E-state index >= 15 is 0 Å². The molecule has 0 aromatic heterocycles. The van der Waals surface area contributed by atoms with Gasteiger partial charge in [0.1, 0.15) is 0 Å². The van der Waals surface area contributed by atoms with Crippen LogP contribution in [0, 0.1) is 0 Å². The van der Waals surface area contributed by atoms with Crippen LogP contribution in [0.15, 0.2) is 36.5 Å². The van der Waals surface area contributed by atoms with Crippen LogP contribution in [0.4, 0.5) is 0 Å². The van der Waals surface area contributed by atoms with Crippen LogP contribution in [-0.4, -0.2) is 6.54 Å². The zero-order valence-electron chi connectivity index (χ0n) is 12.8. The molecule has 0 aliphatic rings. The third-order valence-corrected chi connectivity index (χ3v) is 3.07. The summed E-state index contributed by atoms with van der Waals surface area (Å²) in [5.74, 6) is 0. The van der Waals surface area contributed by atoms with Gasteiger partial charge in [0.05, 0.1) is 0 Å². The molecule has 0 aromatic carbocycles. The molecule has 0 atom stereocenters. The van der Waals surface area contributed by atoms with Crippen LogP contribution in [0.2, 0.25) is 0 Å². The van der Waals surface area contributed by atoms with Crippen molar-refractivity contribution in [2.24, 2.45) is 5.73 Å². The van der Waals surface area contributed by atoms with E-state index in [1.54, 1.807) is 0 Å². The van der Waals surface area contributed by atoms with Crippen LogP contribution in [-0.2, 0) is 0 Å². The highest BCUT2D eigenvalue weighted by molar-refractivity contribution is 4.92. The van der Waals surface area contributed by atoms with Crippen molar-refractivity contribution in [1.82, 2.24) is 0 Å². The molecule has 0 unspecified atom stereocenters. The average Bonchev–Trinajstić information content (AvgIpc) is 2.43. The second-order valence-corrected chi connectivity index (χ2v) is 4.98. The molecule has 1 heteroatoms. The summed E-state index contributed by atoms with van der Waals surface area (Å²) in [4.78, 5) is 0. The van der Waals surface area contributed by atoms with Crippen molar-refractivity contribution in [3.05, 3.63) is 36.5 Å². The molecule has 0 saturated heterocycles. The Morgan fingerprint density at radius 1 is 0.632 bits per heavy atom. The van der Waals surface area contributed by atoms with Crippen molar-refractivity contribution in [2.75, 3.05) is 6.54 Å². The van der Waals surface area contributed by atoms with Gasteiger partial charge in [-0.3, -0.25) is 0 Å². The molecule has 0 fully saturated rings. The Labute approximate surface area is 120 Å². The molecule has 0 spiro atoms. The molecule has 0 bridgehead atoms. The van der Waals surface area contributed by atoms with Gasteiger partial charge < -0.3 is 5.73 Å². The Bertz CT molecular complexity index is 238. The zero-order valence-corrected chi connectivity index (χ0v) is 12.8. The highest BCUT2D eigenvalue weighted by Gasteiger charge is 1.86. The van der Waals surface area contributed by atoms with Gasteiger partial charge in [-0.15, -0.1) is 0 Å². The Balaban J connectivity index is 3.16. The SMILES string of the molecule is CC/C=C/C/C=C/CCCCC/C=C/CCCCN. The van der Waals surface area contributed by atoms with Crippen LogP contribution in [0.1, 0.15) is 71.1 Å². The second kappa shape index (κ2) is 17.2. The van der Waals surface area contributed by atoms with Crippen molar-refractivity contribution >= 4 is 0 Å². The molecule has 0 aliphatic carbocycles. The minimum Gasteiger partial charge on any atom is -0.330 e. The summed E-state index contributed by atoms with van der Waals surface area (Å²) < 4.78 is 0. The summed E-state index contributed by atoms with van der Waals surface area (Å²) in [6.07, 6.45) is 26.0. The first-order chi connectivity index (χ1) is 9.41. The number of unbranched alkanes of at least 4 members (excludes halogenated alkanes) is 6. The highest BCUT2D eigenvalue weighted by Crippen LogP contribution is 2.05. The van der Waals surface area contributed by atoms with E-state index in [1.165, 1.54) is 44.9 Å². The topological polar surface area (TPSA) is 26.0 Å². The van der Waals surface area contributed by atoms with Gasteiger partial charge in [0, 0.05) is 0 Å². The molecule has 0 amide bonds. The van der Waals surface area contributed by atoms with Gasteiger partial charge in [0.2, 0.25) is 0 Å². The van der Waals surface area contributed by atoms with Gasteiger partial charge in [-0.05, 0) is 64.3 Å². The molecule has 2 N–H and O–H groups in total. The molecular formula is C18H33N.